The average molecular weight is 264 g/mol. The zero-order valence-electron chi connectivity index (χ0n) is 10.9. The summed E-state index contributed by atoms with van der Waals surface area (Å²) in [5.41, 5.74) is 0.711. The predicted molar refractivity (Wildman–Crippen MR) is 76.7 cm³/mol. The summed E-state index contributed by atoms with van der Waals surface area (Å²) in [5.74, 6) is 1.44. The Morgan fingerprint density at radius 3 is 2.72 bits per heavy atom. The van der Waals surface area contributed by atoms with Crippen LogP contribution in [0.4, 0.5) is 0 Å². The van der Waals surface area contributed by atoms with Crippen LogP contribution in [0.2, 0.25) is 0 Å². The van der Waals surface area contributed by atoms with Crippen molar-refractivity contribution in [3.63, 3.8) is 0 Å². The molecule has 0 atom stereocenters. The lowest BCUT2D eigenvalue weighted by Gasteiger charge is -2.20. The second-order valence-electron chi connectivity index (χ2n) is 4.69. The van der Waals surface area contributed by atoms with Crippen LogP contribution in [0.5, 0.6) is 5.75 Å². The first-order valence-corrected chi connectivity index (χ1v) is 7.64. The first kappa shape index (κ1) is 13.5. The number of thioether (sulfide) groups is 1. The lowest BCUT2D eigenvalue weighted by Crippen LogP contribution is -2.12. The fourth-order valence-corrected chi connectivity index (χ4v) is 3.59. The summed E-state index contributed by atoms with van der Waals surface area (Å²) in [6, 6.07) is 7.48. The molecule has 0 aliphatic heterocycles. The minimum absolute atomic E-state index is 0.183. The summed E-state index contributed by atoms with van der Waals surface area (Å²) in [4.78, 5) is 12.2. The smallest absolute Gasteiger partial charge is 0.176 e. The van der Waals surface area contributed by atoms with Crippen molar-refractivity contribution >= 4 is 17.5 Å². The van der Waals surface area contributed by atoms with Gasteiger partial charge in [-0.15, -0.1) is 0 Å². The standard InChI is InChI=1S/C15H20O2S/c1-17-15-10-6-5-9-13(15)14(16)11-18-12-7-3-2-4-8-12/h5-6,9-10,12H,2-4,7-8,11H2,1H3. The lowest BCUT2D eigenvalue weighted by molar-refractivity contribution is 0.101. The van der Waals surface area contributed by atoms with Crippen molar-refractivity contribution in [1.29, 1.82) is 0 Å². The quantitative estimate of drug-likeness (QED) is 0.753. The predicted octanol–water partition coefficient (Wildman–Crippen LogP) is 3.94. The molecule has 1 aliphatic carbocycles. The maximum Gasteiger partial charge on any atom is 0.176 e. The van der Waals surface area contributed by atoms with Crippen molar-refractivity contribution in [2.75, 3.05) is 12.9 Å². The maximum atomic E-state index is 12.2. The topological polar surface area (TPSA) is 26.3 Å². The van der Waals surface area contributed by atoms with Crippen LogP contribution in [0, 0.1) is 0 Å². The van der Waals surface area contributed by atoms with Gasteiger partial charge in [-0.3, -0.25) is 4.79 Å². The number of para-hydroxylation sites is 1. The van der Waals surface area contributed by atoms with Gasteiger partial charge in [0, 0.05) is 5.25 Å². The number of benzene rings is 1. The van der Waals surface area contributed by atoms with Gasteiger partial charge in [0.25, 0.3) is 0 Å². The van der Waals surface area contributed by atoms with E-state index in [1.807, 2.05) is 36.0 Å². The van der Waals surface area contributed by atoms with E-state index in [0.717, 1.165) is 0 Å². The summed E-state index contributed by atoms with van der Waals surface area (Å²) in [7, 11) is 1.61. The van der Waals surface area contributed by atoms with E-state index in [1.165, 1.54) is 32.1 Å². The molecule has 0 saturated heterocycles. The Morgan fingerprint density at radius 2 is 2.00 bits per heavy atom. The van der Waals surface area contributed by atoms with Gasteiger partial charge in [-0.05, 0) is 25.0 Å². The first-order chi connectivity index (χ1) is 8.81. The van der Waals surface area contributed by atoms with Gasteiger partial charge in [-0.25, -0.2) is 0 Å². The van der Waals surface area contributed by atoms with Gasteiger partial charge in [0.15, 0.2) is 5.78 Å². The van der Waals surface area contributed by atoms with E-state index in [-0.39, 0.29) is 5.78 Å². The van der Waals surface area contributed by atoms with E-state index in [0.29, 0.717) is 22.3 Å². The van der Waals surface area contributed by atoms with Crippen LogP contribution in [0.1, 0.15) is 42.5 Å². The van der Waals surface area contributed by atoms with Gasteiger partial charge in [0.2, 0.25) is 0 Å². The molecule has 0 unspecified atom stereocenters. The SMILES string of the molecule is COc1ccccc1C(=O)CSC1CCCCC1. The lowest BCUT2D eigenvalue weighted by atomic mass is 10.0. The number of Topliss-reactive ketones (excluding diaryl/α,β-unsaturated/α-hetero) is 1. The minimum atomic E-state index is 0.183. The molecule has 98 valence electrons. The van der Waals surface area contributed by atoms with Crippen molar-refractivity contribution < 1.29 is 9.53 Å². The number of hydrogen-bond acceptors (Lipinski definition) is 3. The van der Waals surface area contributed by atoms with Crippen LogP contribution in [0.15, 0.2) is 24.3 Å². The molecular weight excluding hydrogens is 244 g/mol. The van der Waals surface area contributed by atoms with E-state index in [1.54, 1.807) is 7.11 Å². The Morgan fingerprint density at radius 1 is 1.28 bits per heavy atom. The van der Waals surface area contributed by atoms with Crippen molar-refractivity contribution in [3.05, 3.63) is 29.8 Å². The zero-order chi connectivity index (χ0) is 12.8. The molecule has 1 aliphatic rings. The van der Waals surface area contributed by atoms with Crippen molar-refractivity contribution in [1.82, 2.24) is 0 Å². The highest BCUT2D eigenvalue weighted by Crippen LogP contribution is 2.29. The van der Waals surface area contributed by atoms with Crippen LogP contribution in [0.3, 0.4) is 0 Å². The van der Waals surface area contributed by atoms with E-state index in [9.17, 15) is 4.79 Å². The number of ether oxygens (including phenoxy) is 1. The van der Waals surface area contributed by atoms with E-state index < -0.39 is 0 Å². The summed E-state index contributed by atoms with van der Waals surface area (Å²) < 4.78 is 5.23. The summed E-state index contributed by atoms with van der Waals surface area (Å²) in [5, 5.41) is 0.678. The fourth-order valence-electron chi connectivity index (χ4n) is 2.38. The molecular formula is C15H20O2S. The minimum Gasteiger partial charge on any atom is -0.496 e. The average Bonchev–Trinajstić information content (AvgIpc) is 2.45. The second kappa shape index (κ2) is 6.83. The molecule has 1 aromatic rings. The van der Waals surface area contributed by atoms with Gasteiger partial charge < -0.3 is 4.74 Å². The molecule has 1 aromatic carbocycles. The highest BCUT2D eigenvalue weighted by atomic mass is 32.2. The first-order valence-electron chi connectivity index (χ1n) is 6.59. The van der Waals surface area contributed by atoms with Crippen LogP contribution in [0.25, 0.3) is 0 Å². The van der Waals surface area contributed by atoms with Crippen LogP contribution < -0.4 is 4.74 Å². The van der Waals surface area contributed by atoms with Crippen molar-refractivity contribution in [3.8, 4) is 5.75 Å². The molecule has 0 N–H and O–H groups in total. The Kier molecular flexibility index (Phi) is 5.12. The third kappa shape index (κ3) is 3.52. The van der Waals surface area contributed by atoms with E-state index >= 15 is 0 Å². The molecule has 0 radical (unpaired) electrons. The number of carbonyl (C=O) groups is 1. The highest BCUT2D eigenvalue weighted by Gasteiger charge is 2.17. The molecule has 1 fully saturated rings. The van der Waals surface area contributed by atoms with E-state index in [4.69, 9.17) is 4.74 Å². The molecule has 2 rings (SSSR count). The van der Waals surface area contributed by atoms with Crippen molar-refractivity contribution in [2.24, 2.45) is 0 Å². The molecule has 0 amide bonds. The van der Waals surface area contributed by atoms with Crippen LogP contribution in [-0.4, -0.2) is 23.9 Å². The Bertz CT molecular complexity index is 397. The van der Waals surface area contributed by atoms with Gasteiger partial charge >= 0.3 is 0 Å². The van der Waals surface area contributed by atoms with Gasteiger partial charge in [0.1, 0.15) is 5.75 Å². The van der Waals surface area contributed by atoms with Crippen LogP contribution in [-0.2, 0) is 0 Å². The largest absolute Gasteiger partial charge is 0.496 e. The Labute approximate surface area is 113 Å². The fraction of sp³-hybridized carbons (Fsp3) is 0.533. The molecule has 0 bridgehead atoms. The Balaban J connectivity index is 1.90. The van der Waals surface area contributed by atoms with Crippen molar-refractivity contribution in [2.45, 2.75) is 37.4 Å². The van der Waals surface area contributed by atoms with Gasteiger partial charge in [0.05, 0.1) is 18.4 Å². The van der Waals surface area contributed by atoms with Gasteiger partial charge in [-0.2, -0.15) is 11.8 Å². The number of hydrogen-bond donors (Lipinski definition) is 0. The Hall–Kier alpha value is -0.960. The van der Waals surface area contributed by atoms with Crippen LogP contribution >= 0.6 is 11.8 Å². The summed E-state index contributed by atoms with van der Waals surface area (Å²) in [6.07, 6.45) is 6.53. The second-order valence-corrected chi connectivity index (χ2v) is 5.98. The molecule has 2 nitrogen and oxygen atoms in total. The van der Waals surface area contributed by atoms with Gasteiger partial charge in [-0.1, -0.05) is 31.4 Å². The number of carbonyl (C=O) groups excluding carboxylic acids is 1. The van der Waals surface area contributed by atoms with E-state index in [2.05, 4.69) is 0 Å². The molecule has 0 aromatic heterocycles. The number of ketones is 1. The summed E-state index contributed by atoms with van der Waals surface area (Å²) in [6.45, 7) is 0. The molecule has 0 heterocycles. The third-order valence-corrected chi connectivity index (χ3v) is 4.78. The number of methoxy groups -OCH3 is 1. The third-order valence-electron chi connectivity index (χ3n) is 3.41. The highest BCUT2D eigenvalue weighted by molar-refractivity contribution is 8.00. The zero-order valence-corrected chi connectivity index (χ0v) is 11.7. The maximum absolute atomic E-state index is 12.2. The summed E-state index contributed by atoms with van der Waals surface area (Å²) >= 11 is 1.81. The molecule has 0 spiro atoms. The number of rotatable bonds is 5. The molecule has 1 saturated carbocycles. The molecule has 3 heteroatoms. The monoisotopic (exact) mass is 264 g/mol. The molecule has 18 heavy (non-hydrogen) atoms. The normalized spacial score (nSPS) is 16.5.